The van der Waals surface area contributed by atoms with Crippen molar-refractivity contribution in [1.29, 1.82) is 0 Å². The fourth-order valence-corrected chi connectivity index (χ4v) is 8.67. The van der Waals surface area contributed by atoms with E-state index in [0.29, 0.717) is 32.5 Å². The third-order valence-corrected chi connectivity index (χ3v) is 11.9. The van der Waals surface area contributed by atoms with Crippen LogP contribution in [0, 0.1) is 23.7 Å². The number of hydrogen-bond acceptors (Lipinski definition) is 10. The summed E-state index contributed by atoms with van der Waals surface area (Å²) in [5.74, 6) is -2.35. The van der Waals surface area contributed by atoms with Crippen molar-refractivity contribution < 1.29 is 38.3 Å². The van der Waals surface area contributed by atoms with Crippen LogP contribution in [0.15, 0.2) is 30.3 Å². The van der Waals surface area contributed by atoms with Gasteiger partial charge in [0.15, 0.2) is 0 Å². The Morgan fingerprint density at radius 3 is 2.12 bits per heavy atom. The maximum Gasteiger partial charge on any atom is 0.269 e. The monoisotopic (exact) mass is 801 g/mol. The zero-order chi connectivity index (χ0) is 42.4. The number of nitrogens with zero attached hydrogens (tertiary/aromatic N) is 3. The minimum absolute atomic E-state index is 0.0143. The molecule has 2 fully saturated rings. The molecule has 0 radical (unpaired) electrons. The van der Waals surface area contributed by atoms with Crippen LogP contribution >= 0.6 is 0 Å². The van der Waals surface area contributed by atoms with Crippen molar-refractivity contribution in [2.75, 3.05) is 48.0 Å². The van der Waals surface area contributed by atoms with Crippen molar-refractivity contribution >= 4 is 29.5 Å². The predicted octanol–water partition coefficient (Wildman–Crippen LogP) is 3.57. The molecule has 2 saturated heterocycles. The number of carbonyl (C=O) groups excluding carboxylic acids is 5. The number of nitrogens with one attached hydrogen (secondary N) is 3. The van der Waals surface area contributed by atoms with Gasteiger partial charge in [-0.3, -0.25) is 39.0 Å². The second kappa shape index (κ2) is 23.2. The summed E-state index contributed by atoms with van der Waals surface area (Å²) in [5, 5.41) is 10.0. The summed E-state index contributed by atoms with van der Waals surface area (Å²) in [7, 11) is 6.71. The number of likely N-dealkylation sites (tertiary alicyclic amines) is 1. The lowest BCUT2D eigenvalue weighted by Crippen LogP contribution is -2.60. The Kier molecular flexibility index (Phi) is 19.5. The Labute approximate surface area is 341 Å². The van der Waals surface area contributed by atoms with E-state index in [1.54, 1.807) is 33.1 Å². The molecule has 322 valence electrons. The Balaban J connectivity index is 1.80. The van der Waals surface area contributed by atoms with Crippen molar-refractivity contribution in [2.45, 2.75) is 136 Å². The van der Waals surface area contributed by atoms with Crippen LogP contribution in [0.2, 0.25) is 0 Å². The first-order chi connectivity index (χ1) is 27.1. The minimum Gasteiger partial charge on any atom is -0.379 e. The van der Waals surface area contributed by atoms with Gasteiger partial charge in [-0.1, -0.05) is 85.2 Å². The first-order valence-electron chi connectivity index (χ1n) is 21.0. The fraction of sp³-hybridized carbons (Fsp3) is 0.744. The van der Waals surface area contributed by atoms with Crippen LogP contribution < -0.4 is 16.0 Å². The van der Waals surface area contributed by atoms with Crippen molar-refractivity contribution in [3.63, 3.8) is 0 Å². The summed E-state index contributed by atoms with van der Waals surface area (Å²) in [6, 6.07) is 6.82. The smallest absolute Gasteiger partial charge is 0.269 e. The number of methoxy groups -OCH3 is 2. The molecule has 0 saturated carbocycles. The van der Waals surface area contributed by atoms with Crippen LogP contribution in [0.1, 0.15) is 92.6 Å². The molecule has 2 aliphatic heterocycles. The molecule has 0 spiro atoms. The van der Waals surface area contributed by atoms with Crippen LogP contribution in [0.3, 0.4) is 0 Å². The number of rotatable bonds is 21. The molecule has 57 heavy (non-hydrogen) atoms. The number of benzene rings is 1. The van der Waals surface area contributed by atoms with Crippen LogP contribution in [-0.2, 0) is 44.7 Å². The van der Waals surface area contributed by atoms with Crippen LogP contribution in [0.4, 0.5) is 0 Å². The first kappa shape index (κ1) is 47.9. The third kappa shape index (κ3) is 12.8. The quantitative estimate of drug-likeness (QED) is 0.168. The molecule has 1 aromatic carbocycles. The van der Waals surface area contributed by atoms with Gasteiger partial charge in [0.05, 0.1) is 49.3 Å². The lowest BCUT2D eigenvalue weighted by molar-refractivity contribution is -0.199. The molecule has 2 aliphatic rings. The maximum atomic E-state index is 14.4. The molecule has 0 aliphatic carbocycles. The molecule has 14 heteroatoms. The molecule has 1 aromatic rings. The SMILES string of the molecule is CC[C@H](C)[C@@H]([C@@H](CC(=O)N1CCC[C@H]1[C@H](OC)[C@@H](C)C(=O)N[C@@H](Cc1ccccc1)C(=O)N1CCCCO1)OC)N(C)[C@H](C(=O)NC(=O)[C@@H](NC)C(C)C)C(C)C. The molecular formula is C43H72N6O8. The van der Waals surface area contributed by atoms with Crippen molar-refractivity contribution in [3.05, 3.63) is 35.9 Å². The van der Waals surface area contributed by atoms with E-state index >= 15 is 0 Å². The fourth-order valence-electron chi connectivity index (χ4n) is 8.67. The molecule has 9 atom stereocenters. The van der Waals surface area contributed by atoms with Gasteiger partial charge < -0.3 is 25.0 Å². The van der Waals surface area contributed by atoms with Crippen LogP contribution in [-0.4, -0.2) is 135 Å². The highest BCUT2D eigenvalue weighted by molar-refractivity contribution is 6.00. The number of imide groups is 1. The number of hydrogen-bond donors (Lipinski definition) is 3. The Morgan fingerprint density at radius 2 is 1.58 bits per heavy atom. The second-order valence-electron chi connectivity index (χ2n) is 16.6. The highest BCUT2D eigenvalue weighted by Gasteiger charge is 2.44. The van der Waals surface area contributed by atoms with Gasteiger partial charge in [0.25, 0.3) is 5.91 Å². The van der Waals surface area contributed by atoms with E-state index < -0.39 is 36.3 Å². The average Bonchev–Trinajstić information content (AvgIpc) is 3.67. The largest absolute Gasteiger partial charge is 0.379 e. The Hall–Kier alpha value is -3.43. The molecule has 2 heterocycles. The molecule has 3 rings (SSSR count). The molecule has 0 bridgehead atoms. The molecule has 0 unspecified atom stereocenters. The lowest BCUT2D eigenvalue weighted by Gasteiger charge is -2.43. The zero-order valence-electron chi connectivity index (χ0n) is 36.4. The highest BCUT2D eigenvalue weighted by Crippen LogP contribution is 2.30. The Bertz CT molecular complexity index is 1440. The summed E-state index contributed by atoms with van der Waals surface area (Å²) in [4.78, 5) is 78.4. The van der Waals surface area contributed by atoms with Gasteiger partial charge >= 0.3 is 0 Å². The topological polar surface area (TPSA) is 159 Å². The van der Waals surface area contributed by atoms with Gasteiger partial charge in [-0.15, -0.1) is 0 Å². The van der Waals surface area contributed by atoms with Gasteiger partial charge in [-0.25, -0.2) is 5.06 Å². The average molecular weight is 801 g/mol. The highest BCUT2D eigenvalue weighted by atomic mass is 16.7. The zero-order valence-corrected chi connectivity index (χ0v) is 36.4. The third-order valence-electron chi connectivity index (χ3n) is 11.9. The summed E-state index contributed by atoms with van der Waals surface area (Å²) in [6.45, 7) is 15.1. The number of likely N-dealkylation sites (N-methyl/N-ethyl adjacent to an activating group) is 2. The number of carbonyl (C=O) groups is 5. The maximum absolute atomic E-state index is 14.4. The minimum atomic E-state index is -0.842. The summed E-state index contributed by atoms with van der Waals surface area (Å²) < 4.78 is 12.1. The summed E-state index contributed by atoms with van der Waals surface area (Å²) in [6.07, 6.45) is 3.00. The van der Waals surface area contributed by atoms with Crippen LogP contribution in [0.25, 0.3) is 0 Å². The van der Waals surface area contributed by atoms with Crippen LogP contribution in [0.5, 0.6) is 0 Å². The number of amides is 5. The van der Waals surface area contributed by atoms with Gasteiger partial charge in [0.1, 0.15) is 6.04 Å². The molecule has 5 amide bonds. The van der Waals surface area contributed by atoms with E-state index in [2.05, 4.69) is 29.8 Å². The van der Waals surface area contributed by atoms with Crippen molar-refractivity contribution in [1.82, 2.24) is 30.8 Å². The van der Waals surface area contributed by atoms with E-state index in [1.807, 2.05) is 70.0 Å². The summed E-state index contributed by atoms with van der Waals surface area (Å²) in [5.41, 5.74) is 0.910. The van der Waals surface area contributed by atoms with E-state index in [4.69, 9.17) is 14.3 Å². The first-order valence-corrected chi connectivity index (χ1v) is 21.0. The second-order valence-corrected chi connectivity index (χ2v) is 16.6. The molecule has 14 nitrogen and oxygen atoms in total. The van der Waals surface area contributed by atoms with E-state index in [0.717, 1.165) is 31.2 Å². The number of hydroxylamine groups is 2. The van der Waals surface area contributed by atoms with Gasteiger partial charge in [-0.2, -0.15) is 0 Å². The standard InChI is InChI=1S/C43H72N6O8/c1-12-29(6)38(47(9)37(28(4)5)42(53)46-41(52)36(44-8)27(2)3)34(55-10)26-35(50)48-22-18-21-33(48)39(56-11)30(7)40(51)45-32(25-31-19-14-13-15-20-31)43(54)49-23-16-17-24-57-49/h13-15,19-20,27-30,32-34,36-39,44H,12,16-18,21-26H2,1-11H3,(H,45,51)(H,46,52,53)/t29-,30+,32-,33-,34+,36-,37-,38-,39+/m0/s1. The van der Waals surface area contributed by atoms with E-state index in [1.165, 1.54) is 5.06 Å². The van der Waals surface area contributed by atoms with Gasteiger partial charge in [-0.05, 0) is 63.1 Å². The lowest BCUT2D eigenvalue weighted by atomic mass is 9.87. The normalized spacial score (nSPS) is 20.4. The molecule has 0 aromatic heterocycles. The molecular weight excluding hydrogens is 729 g/mol. The van der Waals surface area contributed by atoms with E-state index in [-0.39, 0.29) is 65.8 Å². The van der Waals surface area contributed by atoms with E-state index in [9.17, 15) is 24.0 Å². The summed E-state index contributed by atoms with van der Waals surface area (Å²) >= 11 is 0. The number of ether oxygens (including phenoxy) is 2. The van der Waals surface area contributed by atoms with Gasteiger partial charge in [0.2, 0.25) is 23.6 Å². The predicted molar refractivity (Wildman–Crippen MR) is 220 cm³/mol. The van der Waals surface area contributed by atoms with Crippen molar-refractivity contribution in [2.24, 2.45) is 23.7 Å². The van der Waals surface area contributed by atoms with Gasteiger partial charge in [0, 0.05) is 39.8 Å². The molecule has 3 N–H and O–H groups in total. The van der Waals surface area contributed by atoms with Crippen molar-refractivity contribution in [3.8, 4) is 0 Å². The Morgan fingerprint density at radius 1 is 0.895 bits per heavy atom.